The van der Waals surface area contributed by atoms with Crippen molar-refractivity contribution in [2.45, 2.75) is 20.0 Å². The Morgan fingerprint density at radius 2 is 1.85 bits per heavy atom. The molecule has 1 aromatic heterocycles. The number of amides is 1. The summed E-state index contributed by atoms with van der Waals surface area (Å²) in [7, 11) is 0. The van der Waals surface area contributed by atoms with Crippen LogP contribution in [0.4, 0.5) is 23.2 Å². The summed E-state index contributed by atoms with van der Waals surface area (Å²) in [6.45, 7) is 3.17. The number of halogens is 4. The second-order valence-electron chi connectivity index (χ2n) is 6.02. The van der Waals surface area contributed by atoms with Crippen molar-refractivity contribution in [3.63, 3.8) is 0 Å². The van der Waals surface area contributed by atoms with Crippen LogP contribution in [-0.4, -0.2) is 15.7 Å². The monoisotopic (exact) mass is 377 g/mol. The zero-order valence-corrected chi connectivity index (χ0v) is 14.4. The van der Waals surface area contributed by atoms with Crippen LogP contribution in [0.25, 0.3) is 5.69 Å². The zero-order valence-electron chi connectivity index (χ0n) is 14.4. The molecule has 0 aliphatic heterocycles. The van der Waals surface area contributed by atoms with Crippen LogP contribution in [0.2, 0.25) is 0 Å². The van der Waals surface area contributed by atoms with E-state index >= 15 is 0 Å². The van der Waals surface area contributed by atoms with Gasteiger partial charge in [-0.2, -0.15) is 18.3 Å². The highest BCUT2D eigenvalue weighted by Gasteiger charge is 2.30. The fourth-order valence-corrected chi connectivity index (χ4v) is 2.58. The molecule has 0 aliphatic rings. The topological polar surface area (TPSA) is 46.9 Å². The number of nitrogens with one attached hydrogen (secondary N) is 1. The van der Waals surface area contributed by atoms with Crippen LogP contribution in [0.3, 0.4) is 0 Å². The lowest BCUT2D eigenvalue weighted by Gasteiger charge is -2.10. The number of aromatic nitrogens is 2. The maximum absolute atomic E-state index is 13.6. The molecular weight excluding hydrogens is 362 g/mol. The number of nitrogens with zero attached hydrogens (tertiary/aromatic N) is 2. The zero-order chi connectivity index (χ0) is 19.8. The van der Waals surface area contributed by atoms with E-state index in [2.05, 4.69) is 10.4 Å². The van der Waals surface area contributed by atoms with E-state index < -0.39 is 23.5 Å². The van der Waals surface area contributed by atoms with Crippen molar-refractivity contribution in [3.05, 3.63) is 76.9 Å². The number of aryl methyl sites for hydroxylation is 1. The van der Waals surface area contributed by atoms with E-state index in [4.69, 9.17) is 0 Å². The van der Waals surface area contributed by atoms with Crippen molar-refractivity contribution in [1.29, 1.82) is 0 Å². The molecule has 3 rings (SSSR count). The smallest absolute Gasteiger partial charge is 0.322 e. The van der Waals surface area contributed by atoms with Gasteiger partial charge < -0.3 is 5.32 Å². The highest BCUT2D eigenvalue weighted by atomic mass is 19.4. The third kappa shape index (κ3) is 3.84. The van der Waals surface area contributed by atoms with Gasteiger partial charge in [0.05, 0.1) is 28.7 Å². The molecule has 1 heterocycles. The normalized spacial score (nSPS) is 11.5. The first kappa shape index (κ1) is 18.6. The SMILES string of the molecule is Cc1ccc(NC(=O)c2cnn(-c3cccc(C(F)(F)F)c3)c2C)cc1F. The molecule has 0 radical (unpaired) electrons. The van der Waals surface area contributed by atoms with Crippen LogP contribution >= 0.6 is 0 Å². The number of hydrogen-bond acceptors (Lipinski definition) is 2. The predicted octanol–water partition coefficient (Wildman–Crippen LogP) is 4.90. The highest BCUT2D eigenvalue weighted by molar-refractivity contribution is 6.05. The quantitative estimate of drug-likeness (QED) is 0.660. The molecule has 0 aliphatic carbocycles. The Labute approximate surface area is 152 Å². The number of benzene rings is 2. The summed E-state index contributed by atoms with van der Waals surface area (Å²) < 4.78 is 53.6. The molecule has 2 aromatic carbocycles. The van der Waals surface area contributed by atoms with E-state index in [1.54, 1.807) is 19.9 Å². The van der Waals surface area contributed by atoms with Crippen molar-refractivity contribution < 1.29 is 22.4 Å². The van der Waals surface area contributed by atoms with Crippen molar-refractivity contribution >= 4 is 11.6 Å². The minimum atomic E-state index is -4.48. The summed E-state index contributed by atoms with van der Waals surface area (Å²) in [5.41, 5.74) is 0.627. The van der Waals surface area contributed by atoms with Gasteiger partial charge in [0.1, 0.15) is 5.82 Å². The van der Waals surface area contributed by atoms with Crippen LogP contribution in [0.1, 0.15) is 27.2 Å². The Morgan fingerprint density at radius 3 is 2.52 bits per heavy atom. The van der Waals surface area contributed by atoms with Gasteiger partial charge in [-0.1, -0.05) is 12.1 Å². The molecule has 4 nitrogen and oxygen atoms in total. The Kier molecular flexibility index (Phi) is 4.73. The number of carbonyl (C=O) groups is 1. The highest BCUT2D eigenvalue weighted by Crippen LogP contribution is 2.30. The molecule has 0 unspecified atom stereocenters. The summed E-state index contributed by atoms with van der Waals surface area (Å²) in [5, 5.41) is 6.57. The largest absolute Gasteiger partial charge is 0.416 e. The van der Waals surface area contributed by atoms with Gasteiger partial charge in [-0.25, -0.2) is 9.07 Å². The average molecular weight is 377 g/mol. The molecule has 1 amide bonds. The predicted molar refractivity (Wildman–Crippen MR) is 92.4 cm³/mol. The van der Waals surface area contributed by atoms with E-state index in [-0.39, 0.29) is 16.9 Å². The molecule has 3 aromatic rings. The summed E-state index contributed by atoms with van der Waals surface area (Å²) in [6, 6.07) is 8.94. The third-order valence-electron chi connectivity index (χ3n) is 4.10. The van der Waals surface area contributed by atoms with E-state index in [0.29, 0.717) is 11.3 Å². The number of alkyl halides is 3. The van der Waals surface area contributed by atoms with Crippen molar-refractivity contribution in [3.8, 4) is 5.69 Å². The third-order valence-corrected chi connectivity index (χ3v) is 4.10. The molecule has 8 heteroatoms. The van der Waals surface area contributed by atoms with E-state index in [0.717, 1.165) is 12.1 Å². The first-order chi connectivity index (χ1) is 12.7. The van der Waals surface area contributed by atoms with Crippen LogP contribution in [-0.2, 0) is 6.18 Å². The average Bonchev–Trinajstić information content (AvgIpc) is 2.99. The fraction of sp³-hybridized carbons (Fsp3) is 0.158. The van der Waals surface area contributed by atoms with Crippen LogP contribution in [0, 0.1) is 19.7 Å². The molecule has 27 heavy (non-hydrogen) atoms. The summed E-state index contributed by atoms with van der Waals surface area (Å²) >= 11 is 0. The minimum absolute atomic E-state index is 0.174. The molecule has 1 N–H and O–H groups in total. The first-order valence-electron chi connectivity index (χ1n) is 7.96. The summed E-state index contributed by atoms with van der Waals surface area (Å²) in [5.74, 6) is -0.988. The maximum atomic E-state index is 13.6. The lowest BCUT2D eigenvalue weighted by molar-refractivity contribution is -0.137. The van der Waals surface area contributed by atoms with Gasteiger partial charge in [0.2, 0.25) is 0 Å². The summed E-state index contributed by atoms with van der Waals surface area (Å²) in [4.78, 5) is 12.4. The Hall–Kier alpha value is -3.16. The Balaban J connectivity index is 1.89. The number of carbonyl (C=O) groups excluding carboxylic acids is 1. The molecule has 0 fully saturated rings. The van der Waals surface area contributed by atoms with Crippen molar-refractivity contribution in [2.24, 2.45) is 0 Å². The summed E-state index contributed by atoms with van der Waals surface area (Å²) in [6.07, 6.45) is -3.22. The van der Waals surface area contributed by atoms with Gasteiger partial charge in [0.15, 0.2) is 0 Å². The van der Waals surface area contributed by atoms with Crippen LogP contribution in [0.5, 0.6) is 0 Å². The van der Waals surface area contributed by atoms with Crippen molar-refractivity contribution in [1.82, 2.24) is 9.78 Å². The minimum Gasteiger partial charge on any atom is -0.322 e. The van der Waals surface area contributed by atoms with Crippen molar-refractivity contribution in [2.75, 3.05) is 5.32 Å². The Bertz CT molecular complexity index is 1010. The first-order valence-corrected chi connectivity index (χ1v) is 7.96. The second kappa shape index (κ2) is 6.86. The Morgan fingerprint density at radius 1 is 1.11 bits per heavy atom. The van der Waals surface area contributed by atoms with E-state index in [1.807, 2.05) is 0 Å². The van der Waals surface area contributed by atoms with Gasteiger partial charge in [0.25, 0.3) is 5.91 Å². The standard InChI is InChI=1S/C19H15F4N3O/c1-11-6-7-14(9-17(11)20)25-18(27)16-10-24-26(12(16)2)15-5-3-4-13(8-15)19(21,22)23/h3-10H,1-2H3,(H,25,27). The molecule has 0 bridgehead atoms. The number of anilines is 1. The van der Waals surface area contributed by atoms with Gasteiger partial charge in [-0.15, -0.1) is 0 Å². The molecule has 0 atom stereocenters. The lowest BCUT2D eigenvalue weighted by atomic mass is 10.2. The molecule has 0 spiro atoms. The van der Waals surface area contributed by atoms with Gasteiger partial charge >= 0.3 is 6.18 Å². The van der Waals surface area contributed by atoms with Crippen LogP contribution < -0.4 is 5.32 Å². The van der Waals surface area contributed by atoms with Crippen LogP contribution in [0.15, 0.2) is 48.7 Å². The molecule has 0 saturated heterocycles. The second-order valence-corrected chi connectivity index (χ2v) is 6.02. The number of hydrogen-bond donors (Lipinski definition) is 1. The van der Waals surface area contributed by atoms with Gasteiger partial charge in [-0.3, -0.25) is 4.79 Å². The number of rotatable bonds is 3. The van der Waals surface area contributed by atoms with E-state index in [1.165, 1.54) is 35.1 Å². The van der Waals surface area contributed by atoms with Gasteiger partial charge in [0, 0.05) is 5.69 Å². The molecular formula is C19H15F4N3O. The molecule has 0 saturated carbocycles. The van der Waals surface area contributed by atoms with E-state index in [9.17, 15) is 22.4 Å². The maximum Gasteiger partial charge on any atom is 0.416 e. The fourth-order valence-electron chi connectivity index (χ4n) is 2.58. The lowest BCUT2D eigenvalue weighted by Crippen LogP contribution is -2.13. The molecule has 140 valence electrons. The van der Waals surface area contributed by atoms with Gasteiger partial charge in [-0.05, 0) is 49.7 Å².